The van der Waals surface area contributed by atoms with Gasteiger partial charge in [0.05, 0.1) is 23.4 Å². The van der Waals surface area contributed by atoms with Gasteiger partial charge in [0.15, 0.2) is 5.13 Å². The molecule has 1 saturated heterocycles. The number of carbonyl (C=O) groups is 1. The fraction of sp³-hybridized carbons (Fsp3) is 0.304. The van der Waals surface area contributed by atoms with Gasteiger partial charge in [-0.15, -0.1) is 12.4 Å². The van der Waals surface area contributed by atoms with E-state index < -0.39 is 0 Å². The van der Waals surface area contributed by atoms with Gasteiger partial charge in [-0.2, -0.15) is 0 Å². The minimum Gasteiger partial charge on any atom is -0.379 e. The lowest BCUT2D eigenvalue weighted by atomic mass is 10.2. The summed E-state index contributed by atoms with van der Waals surface area (Å²) in [4.78, 5) is 22.0. The first-order valence-electron chi connectivity index (χ1n) is 10.1. The average Bonchev–Trinajstić information content (AvgIpc) is 3.18. The van der Waals surface area contributed by atoms with Crippen LogP contribution < -0.4 is 4.90 Å². The van der Waals surface area contributed by atoms with E-state index in [1.165, 1.54) is 11.3 Å². The van der Waals surface area contributed by atoms with Crippen molar-refractivity contribution in [2.45, 2.75) is 6.92 Å². The highest BCUT2D eigenvalue weighted by atomic mass is 35.5. The SMILES string of the molecule is Cc1cc(Cl)cc2sc(N(CCN3CCOCC3)C(=O)C=Cc3ccccc3Cl)nc12.Cl. The number of nitrogens with zero attached hydrogens (tertiary/aromatic N) is 3. The fourth-order valence-electron chi connectivity index (χ4n) is 3.49. The van der Waals surface area contributed by atoms with Crippen LogP contribution in [0.4, 0.5) is 5.13 Å². The molecule has 0 aliphatic carbocycles. The summed E-state index contributed by atoms with van der Waals surface area (Å²) < 4.78 is 6.40. The van der Waals surface area contributed by atoms with Crippen LogP contribution in [0.15, 0.2) is 42.5 Å². The maximum absolute atomic E-state index is 13.2. The first kappa shape index (κ1) is 25.0. The van der Waals surface area contributed by atoms with Gasteiger partial charge in [-0.25, -0.2) is 4.98 Å². The normalized spacial score (nSPS) is 14.6. The van der Waals surface area contributed by atoms with Gasteiger partial charge in [-0.1, -0.05) is 52.7 Å². The molecule has 1 fully saturated rings. The summed E-state index contributed by atoms with van der Waals surface area (Å²) in [5.41, 5.74) is 2.68. The second kappa shape index (κ2) is 11.5. The van der Waals surface area contributed by atoms with Crippen molar-refractivity contribution in [3.63, 3.8) is 0 Å². The predicted molar refractivity (Wildman–Crippen MR) is 137 cm³/mol. The second-order valence-corrected chi connectivity index (χ2v) is 9.22. The van der Waals surface area contributed by atoms with Crippen LogP contribution >= 0.6 is 46.9 Å². The molecule has 5 nitrogen and oxygen atoms in total. The molecule has 1 aliphatic rings. The predicted octanol–water partition coefficient (Wildman–Crippen LogP) is 5.71. The van der Waals surface area contributed by atoms with E-state index in [1.54, 1.807) is 17.1 Å². The molecule has 0 unspecified atom stereocenters. The van der Waals surface area contributed by atoms with Crippen molar-refractivity contribution in [3.8, 4) is 0 Å². The van der Waals surface area contributed by atoms with Crippen LogP contribution in [0.2, 0.25) is 10.0 Å². The second-order valence-electron chi connectivity index (χ2n) is 7.36. The number of aromatic nitrogens is 1. The molecule has 0 radical (unpaired) electrons. The van der Waals surface area contributed by atoms with Gasteiger partial charge in [0.25, 0.3) is 5.91 Å². The van der Waals surface area contributed by atoms with Crippen molar-refractivity contribution in [2.75, 3.05) is 44.3 Å². The summed E-state index contributed by atoms with van der Waals surface area (Å²) in [7, 11) is 0. The molecule has 2 aromatic carbocycles. The van der Waals surface area contributed by atoms with Gasteiger partial charge in [0.1, 0.15) is 0 Å². The topological polar surface area (TPSA) is 45.7 Å². The molecule has 0 N–H and O–H groups in total. The van der Waals surface area contributed by atoms with Crippen LogP contribution in [-0.4, -0.2) is 55.2 Å². The Kier molecular flexibility index (Phi) is 8.94. The number of benzene rings is 2. The summed E-state index contributed by atoms with van der Waals surface area (Å²) in [5, 5.41) is 1.95. The third-order valence-corrected chi connectivity index (χ3v) is 6.78. The van der Waals surface area contributed by atoms with Crippen molar-refractivity contribution < 1.29 is 9.53 Å². The van der Waals surface area contributed by atoms with E-state index in [9.17, 15) is 4.79 Å². The number of carbonyl (C=O) groups excluding carboxylic acids is 1. The summed E-state index contributed by atoms with van der Waals surface area (Å²) in [6, 6.07) is 11.2. The lowest BCUT2D eigenvalue weighted by molar-refractivity contribution is -0.114. The molecule has 0 saturated carbocycles. The molecule has 9 heteroatoms. The lowest BCUT2D eigenvalue weighted by Crippen LogP contribution is -2.42. The number of ether oxygens (including phenoxy) is 1. The molecule has 2 heterocycles. The number of aryl methyl sites for hydroxylation is 1. The highest BCUT2D eigenvalue weighted by Gasteiger charge is 2.21. The van der Waals surface area contributed by atoms with E-state index in [0.29, 0.717) is 21.7 Å². The molecule has 1 amide bonds. The molecule has 0 spiro atoms. The van der Waals surface area contributed by atoms with Gasteiger partial charge >= 0.3 is 0 Å². The molecule has 3 aromatic rings. The van der Waals surface area contributed by atoms with Gasteiger partial charge in [0, 0.05) is 42.3 Å². The monoisotopic (exact) mass is 511 g/mol. The van der Waals surface area contributed by atoms with Crippen LogP contribution in [0.1, 0.15) is 11.1 Å². The van der Waals surface area contributed by atoms with E-state index in [2.05, 4.69) is 4.90 Å². The number of fused-ring (bicyclic) bond motifs is 1. The molecule has 32 heavy (non-hydrogen) atoms. The Morgan fingerprint density at radius 1 is 1.25 bits per heavy atom. The summed E-state index contributed by atoms with van der Waals surface area (Å²) in [6.45, 7) is 6.45. The molecular formula is C23H24Cl3N3O2S. The molecule has 1 aliphatic heterocycles. The standard InChI is InChI=1S/C23H23Cl2N3O2S.ClH/c1-16-14-18(24)15-20-22(16)26-23(31-20)28(9-8-27-10-12-30-13-11-27)21(29)7-6-17-4-2-3-5-19(17)25;/h2-7,14-15H,8-13H2,1H3;1H. The van der Waals surface area contributed by atoms with Crippen molar-refractivity contribution in [3.05, 3.63) is 63.6 Å². The maximum Gasteiger partial charge on any atom is 0.252 e. The molecule has 1 aromatic heterocycles. The number of hydrogen-bond donors (Lipinski definition) is 0. The molecular weight excluding hydrogens is 489 g/mol. The zero-order chi connectivity index (χ0) is 21.8. The Morgan fingerprint density at radius 3 is 2.75 bits per heavy atom. The largest absolute Gasteiger partial charge is 0.379 e. The Labute approximate surface area is 208 Å². The summed E-state index contributed by atoms with van der Waals surface area (Å²) in [6.07, 6.45) is 3.31. The van der Waals surface area contributed by atoms with E-state index in [4.69, 9.17) is 32.9 Å². The number of thiazole rings is 1. The Balaban J connectivity index is 0.00000289. The number of morpholine rings is 1. The van der Waals surface area contributed by atoms with Gasteiger partial charge < -0.3 is 4.74 Å². The third-order valence-electron chi connectivity index (χ3n) is 5.19. The number of rotatable bonds is 6. The number of halogens is 3. The number of anilines is 1. The van der Waals surface area contributed by atoms with Gasteiger partial charge in [0.2, 0.25) is 0 Å². The van der Waals surface area contributed by atoms with E-state index in [-0.39, 0.29) is 18.3 Å². The van der Waals surface area contributed by atoms with Crippen LogP contribution in [0.5, 0.6) is 0 Å². The molecule has 170 valence electrons. The van der Waals surface area contributed by atoms with Gasteiger partial charge in [-0.05, 0) is 42.3 Å². The Bertz CT molecular complexity index is 1110. The molecule has 4 rings (SSSR count). The first-order chi connectivity index (χ1) is 15.0. The quantitative estimate of drug-likeness (QED) is 0.397. The van der Waals surface area contributed by atoms with Crippen LogP contribution in [0.25, 0.3) is 16.3 Å². The summed E-state index contributed by atoms with van der Waals surface area (Å²) in [5.74, 6) is -0.129. The molecule has 0 atom stereocenters. The lowest BCUT2D eigenvalue weighted by Gasteiger charge is -2.28. The van der Waals surface area contributed by atoms with Crippen molar-refractivity contribution in [2.24, 2.45) is 0 Å². The maximum atomic E-state index is 13.2. The smallest absolute Gasteiger partial charge is 0.252 e. The average molecular weight is 513 g/mol. The van der Waals surface area contributed by atoms with Crippen LogP contribution in [0, 0.1) is 6.92 Å². The zero-order valence-corrected chi connectivity index (χ0v) is 20.7. The highest BCUT2D eigenvalue weighted by Crippen LogP contribution is 2.33. The minimum atomic E-state index is -0.129. The van der Waals surface area contributed by atoms with Crippen LogP contribution in [0.3, 0.4) is 0 Å². The highest BCUT2D eigenvalue weighted by molar-refractivity contribution is 7.22. The van der Waals surface area contributed by atoms with Crippen LogP contribution in [-0.2, 0) is 9.53 Å². The fourth-order valence-corrected chi connectivity index (χ4v) is 5.14. The van der Waals surface area contributed by atoms with Crippen molar-refractivity contribution in [1.82, 2.24) is 9.88 Å². The third kappa shape index (κ3) is 6.01. The van der Waals surface area contributed by atoms with Gasteiger partial charge in [-0.3, -0.25) is 14.6 Å². The Morgan fingerprint density at radius 2 is 2.00 bits per heavy atom. The Hall–Kier alpha value is -1.67. The minimum absolute atomic E-state index is 0. The number of amides is 1. The molecule has 0 bridgehead atoms. The van der Waals surface area contributed by atoms with Crippen molar-refractivity contribution >= 4 is 74.3 Å². The van der Waals surface area contributed by atoms with E-state index in [1.807, 2.05) is 43.3 Å². The first-order valence-corrected chi connectivity index (χ1v) is 11.7. The zero-order valence-electron chi connectivity index (χ0n) is 17.6. The number of hydrogen-bond acceptors (Lipinski definition) is 5. The summed E-state index contributed by atoms with van der Waals surface area (Å²) >= 11 is 13.9. The van der Waals surface area contributed by atoms with E-state index in [0.717, 1.165) is 54.2 Å². The van der Waals surface area contributed by atoms with E-state index >= 15 is 0 Å². The van der Waals surface area contributed by atoms with Crippen molar-refractivity contribution in [1.29, 1.82) is 0 Å².